The number of rotatable bonds is 3. The Morgan fingerprint density at radius 2 is 1.88 bits per heavy atom. The first-order valence-electron chi connectivity index (χ1n) is 8.29. The first kappa shape index (κ1) is 18.1. The van der Waals surface area contributed by atoms with Crippen molar-refractivity contribution in [1.82, 2.24) is 10.2 Å². The molecule has 0 aromatic heterocycles. The molecule has 0 bridgehead atoms. The summed E-state index contributed by atoms with van der Waals surface area (Å²) >= 11 is 5.89. The van der Waals surface area contributed by atoms with Crippen LogP contribution in [-0.2, 0) is 17.8 Å². The van der Waals surface area contributed by atoms with Crippen LogP contribution in [0.4, 0.5) is 0 Å². The summed E-state index contributed by atoms with van der Waals surface area (Å²) in [6.45, 7) is 2.51. The van der Waals surface area contributed by atoms with Crippen LogP contribution in [0, 0.1) is 0 Å². The highest BCUT2D eigenvalue weighted by atomic mass is 35.5. The minimum atomic E-state index is -0.690. The van der Waals surface area contributed by atoms with Crippen molar-refractivity contribution < 1.29 is 19.8 Å². The lowest BCUT2D eigenvalue weighted by molar-refractivity contribution is -0.126. The van der Waals surface area contributed by atoms with Crippen molar-refractivity contribution in [2.45, 2.75) is 25.9 Å². The molecular weight excluding hydrogens is 356 g/mol. The van der Waals surface area contributed by atoms with E-state index in [1.54, 1.807) is 0 Å². The second-order valence-corrected chi connectivity index (χ2v) is 6.54. The molecule has 0 spiro atoms. The molecule has 2 aromatic rings. The van der Waals surface area contributed by atoms with Gasteiger partial charge in [0.2, 0.25) is 5.91 Å². The third-order valence-electron chi connectivity index (χ3n) is 4.46. The van der Waals surface area contributed by atoms with Gasteiger partial charge in [0.15, 0.2) is 0 Å². The number of fused-ring (bicyclic) bond motifs is 1. The van der Waals surface area contributed by atoms with Gasteiger partial charge in [-0.3, -0.25) is 9.59 Å². The number of likely N-dealkylation sites (N-methyl/N-ethyl adjacent to an activating group) is 1. The van der Waals surface area contributed by atoms with Crippen LogP contribution in [0.15, 0.2) is 36.4 Å². The first-order chi connectivity index (χ1) is 12.4. The maximum Gasteiger partial charge on any atom is 0.258 e. The average Bonchev–Trinajstić information content (AvgIpc) is 2.63. The summed E-state index contributed by atoms with van der Waals surface area (Å²) in [5.74, 6) is -1.47. The molecule has 0 saturated heterocycles. The Bertz CT molecular complexity index is 869. The Balaban J connectivity index is 2.01. The van der Waals surface area contributed by atoms with Crippen LogP contribution in [0.5, 0.6) is 11.5 Å². The molecule has 3 N–H and O–H groups in total. The molecule has 1 heterocycles. The van der Waals surface area contributed by atoms with Crippen LogP contribution < -0.4 is 5.32 Å². The third kappa shape index (κ3) is 3.32. The molecular formula is C19H19ClN2O4. The third-order valence-corrected chi connectivity index (χ3v) is 4.76. The van der Waals surface area contributed by atoms with Gasteiger partial charge in [-0.25, -0.2) is 0 Å². The van der Waals surface area contributed by atoms with Crippen molar-refractivity contribution in [3.05, 3.63) is 58.1 Å². The van der Waals surface area contributed by atoms with Gasteiger partial charge < -0.3 is 20.4 Å². The van der Waals surface area contributed by atoms with Crippen molar-refractivity contribution in [2.24, 2.45) is 0 Å². The van der Waals surface area contributed by atoms with Crippen LogP contribution in [0.25, 0.3) is 0 Å². The minimum absolute atomic E-state index is 0.0434. The molecule has 0 radical (unpaired) electrons. The molecule has 1 aliphatic rings. The minimum Gasteiger partial charge on any atom is -0.507 e. The fourth-order valence-corrected chi connectivity index (χ4v) is 3.30. The number of aromatic hydroxyl groups is 2. The Kier molecular flexibility index (Phi) is 5.04. The van der Waals surface area contributed by atoms with Gasteiger partial charge in [-0.15, -0.1) is 0 Å². The number of hydrogen-bond donors (Lipinski definition) is 3. The van der Waals surface area contributed by atoms with E-state index in [4.69, 9.17) is 11.6 Å². The second kappa shape index (κ2) is 7.25. The summed E-state index contributed by atoms with van der Waals surface area (Å²) in [5, 5.41) is 22.4. The van der Waals surface area contributed by atoms with Gasteiger partial charge in [-0.1, -0.05) is 35.9 Å². The van der Waals surface area contributed by atoms with E-state index in [1.165, 1.54) is 11.0 Å². The van der Waals surface area contributed by atoms with Gasteiger partial charge in [-0.2, -0.15) is 0 Å². The molecule has 2 amide bonds. The summed E-state index contributed by atoms with van der Waals surface area (Å²) in [5.41, 5.74) is 1.91. The lowest BCUT2D eigenvalue weighted by Gasteiger charge is -2.36. The van der Waals surface area contributed by atoms with Gasteiger partial charge in [-0.05, 0) is 24.1 Å². The Morgan fingerprint density at radius 3 is 2.58 bits per heavy atom. The average molecular weight is 375 g/mol. The predicted octanol–water partition coefficient (Wildman–Crippen LogP) is 2.45. The number of carbonyl (C=O) groups excluding carboxylic acids is 2. The molecule has 26 heavy (non-hydrogen) atoms. The van der Waals surface area contributed by atoms with Crippen molar-refractivity contribution >= 4 is 23.4 Å². The highest BCUT2D eigenvalue weighted by molar-refractivity contribution is 6.32. The SMILES string of the molecule is CCNC(=O)[C@H]1Cc2ccccc2CN1C(=O)c1cc(Cl)c(O)cc1O. The maximum absolute atomic E-state index is 13.1. The molecule has 1 aliphatic heterocycles. The number of amides is 2. The zero-order valence-corrected chi connectivity index (χ0v) is 15.0. The number of hydrogen-bond acceptors (Lipinski definition) is 4. The maximum atomic E-state index is 13.1. The highest BCUT2D eigenvalue weighted by Gasteiger charge is 2.35. The highest BCUT2D eigenvalue weighted by Crippen LogP contribution is 2.33. The summed E-state index contributed by atoms with van der Waals surface area (Å²) in [4.78, 5) is 27.0. The van der Waals surface area contributed by atoms with Crippen LogP contribution in [0.3, 0.4) is 0 Å². The first-order valence-corrected chi connectivity index (χ1v) is 8.67. The molecule has 1 atom stereocenters. The molecule has 0 unspecified atom stereocenters. The quantitative estimate of drug-likeness (QED) is 0.769. The topological polar surface area (TPSA) is 89.9 Å². The Hall–Kier alpha value is -2.73. The Labute approximate surface area is 156 Å². The van der Waals surface area contributed by atoms with Crippen LogP contribution in [0.2, 0.25) is 5.02 Å². The zero-order chi connectivity index (χ0) is 18.8. The van der Waals surface area contributed by atoms with E-state index >= 15 is 0 Å². The molecule has 2 aromatic carbocycles. The second-order valence-electron chi connectivity index (χ2n) is 6.14. The van der Waals surface area contributed by atoms with E-state index in [1.807, 2.05) is 31.2 Å². The van der Waals surface area contributed by atoms with Crippen LogP contribution in [-0.4, -0.2) is 39.5 Å². The molecule has 6 nitrogen and oxygen atoms in total. The monoisotopic (exact) mass is 374 g/mol. The number of nitrogens with zero attached hydrogens (tertiary/aromatic N) is 1. The van der Waals surface area contributed by atoms with Gasteiger partial charge in [0, 0.05) is 25.6 Å². The number of nitrogens with one attached hydrogen (secondary N) is 1. The van der Waals surface area contributed by atoms with Gasteiger partial charge >= 0.3 is 0 Å². The number of benzene rings is 2. The van der Waals surface area contributed by atoms with Crippen molar-refractivity contribution in [2.75, 3.05) is 6.54 Å². The van der Waals surface area contributed by atoms with Crippen molar-refractivity contribution in [1.29, 1.82) is 0 Å². The van der Waals surface area contributed by atoms with Gasteiger partial charge in [0.25, 0.3) is 5.91 Å². The summed E-state index contributed by atoms with van der Waals surface area (Å²) < 4.78 is 0. The molecule has 0 aliphatic carbocycles. The van der Waals surface area contributed by atoms with E-state index in [-0.39, 0.29) is 34.5 Å². The van der Waals surface area contributed by atoms with Crippen LogP contribution in [0.1, 0.15) is 28.4 Å². The van der Waals surface area contributed by atoms with Crippen molar-refractivity contribution in [3.8, 4) is 11.5 Å². The molecule has 0 saturated carbocycles. The number of halogens is 1. The lowest BCUT2D eigenvalue weighted by Crippen LogP contribution is -2.52. The Morgan fingerprint density at radius 1 is 1.19 bits per heavy atom. The van der Waals surface area contributed by atoms with E-state index in [0.29, 0.717) is 13.0 Å². The van der Waals surface area contributed by atoms with Gasteiger partial charge in [0.1, 0.15) is 17.5 Å². The molecule has 136 valence electrons. The van der Waals surface area contributed by atoms with Crippen molar-refractivity contribution in [3.63, 3.8) is 0 Å². The fourth-order valence-electron chi connectivity index (χ4n) is 3.14. The molecule has 0 fully saturated rings. The van der Waals surface area contributed by atoms with Gasteiger partial charge in [0.05, 0.1) is 10.6 Å². The fraction of sp³-hybridized carbons (Fsp3) is 0.263. The zero-order valence-electron chi connectivity index (χ0n) is 14.2. The molecule has 3 rings (SSSR count). The van der Waals surface area contributed by atoms with E-state index in [9.17, 15) is 19.8 Å². The smallest absolute Gasteiger partial charge is 0.258 e. The summed E-state index contributed by atoms with van der Waals surface area (Å²) in [6, 6.07) is 9.17. The normalized spacial score (nSPS) is 16.1. The van der Waals surface area contributed by atoms with E-state index in [0.717, 1.165) is 17.2 Å². The lowest BCUT2D eigenvalue weighted by atomic mass is 9.92. The largest absolute Gasteiger partial charge is 0.507 e. The standard InChI is InChI=1S/C19H19ClN2O4/c1-2-21-18(25)15-7-11-5-3-4-6-12(11)10-22(15)19(26)13-8-14(20)17(24)9-16(13)23/h3-6,8-9,15,23-24H,2,7,10H2,1H3,(H,21,25)/t15-/m1/s1. The predicted molar refractivity (Wildman–Crippen MR) is 97.3 cm³/mol. The number of phenolic OH excluding ortho intramolecular Hbond substituents is 2. The summed E-state index contributed by atoms with van der Waals surface area (Å²) in [6.07, 6.45) is 0.389. The van der Waals surface area contributed by atoms with E-state index < -0.39 is 11.9 Å². The number of carbonyl (C=O) groups is 2. The number of phenols is 2. The molecule has 7 heteroatoms. The van der Waals surface area contributed by atoms with E-state index in [2.05, 4.69) is 5.32 Å². The summed E-state index contributed by atoms with van der Waals surface area (Å²) in [7, 11) is 0. The van der Waals surface area contributed by atoms with Crippen LogP contribution >= 0.6 is 11.6 Å².